The Hall–Kier alpha value is -0.610. The topological polar surface area (TPSA) is 50.9 Å². The number of hydrogen-bond donors (Lipinski definition) is 2. The molecule has 0 saturated heterocycles. The van der Waals surface area contributed by atoms with E-state index in [1.165, 1.54) is 29.8 Å². The summed E-state index contributed by atoms with van der Waals surface area (Å²) in [6, 6.07) is 0.322. The molecule has 3 N–H and O–H groups in total. The van der Waals surface area contributed by atoms with Crippen molar-refractivity contribution in [2.24, 2.45) is 5.73 Å². The van der Waals surface area contributed by atoms with Gasteiger partial charge in [0, 0.05) is 17.5 Å². The highest BCUT2D eigenvalue weighted by Crippen LogP contribution is 2.29. The van der Waals surface area contributed by atoms with E-state index in [1.807, 2.05) is 0 Å². The summed E-state index contributed by atoms with van der Waals surface area (Å²) in [6.07, 6.45) is 4.99. The van der Waals surface area contributed by atoms with Gasteiger partial charge in [0.2, 0.25) is 0 Å². The number of nitrogens with two attached hydrogens (primary N) is 1. The first kappa shape index (κ1) is 9.93. The number of thiazole rings is 1. The Bertz CT molecular complexity index is 285. The smallest absolute Gasteiger partial charge is 0.183 e. The van der Waals surface area contributed by atoms with Gasteiger partial charge in [-0.2, -0.15) is 0 Å². The molecule has 2 rings (SSSR count). The minimum Gasteiger partial charge on any atom is -0.358 e. The summed E-state index contributed by atoms with van der Waals surface area (Å²) in [4.78, 5) is 6.07. The number of nitrogens with zero attached hydrogens (tertiary/aromatic N) is 1. The lowest BCUT2D eigenvalue weighted by Crippen LogP contribution is -2.24. The molecule has 1 aliphatic rings. The van der Waals surface area contributed by atoms with Crippen molar-refractivity contribution in [3.05, 3.63) is 10.6 Å². The van der Waals surface area contributed by atoms with E-state index in [0.717, 1.165) is 11.6 Å². The van der Waals surface area contributed by atoms with Gasteiger partial charge in [0.05, 0.1) is 5.69 Å². The third-order valence-electron chi connectivity index (χ3n) is 2.57. The highest BCUT2D eigenvalue weighted by Gasteiger charge is 2.15. The van der Waals surface area contributed by atoms with Gasteiger partial charge in [-0.15, -0.1) is 11.3 Å². The van der Waals surface area contributed by atoms with E-state index in [0.29, 0.717) is 12.6 Å². The molecule has 0 aliphatic heterocycles. The summed E-state index contributed by atoms with van der Waals surface area (Å²) >= 11 is 1.80. The Morgan fingerprint density at radius 3 is 3.00 bits per heavy atom. The monoisotopic (exact) mass is 211 g/mol. The summed E-state index contributed by atoms with van der Waals surface area (Å²) in [5.74, 6) is 0. The van der Waals surface area contributed by atoms with Crippen molar-refractivity contribution in [3.63, 3.8) is 0 Å². The quantitative estimate of drug-likeness (QED) is 0.801. The second kappa shape index (κ2) is 4.28. The maximum Gasteiger partial charge on any atom is 0.183 e. The zero-order valence-electron chi connectivity index (χ0n) is 8.55. The van der Waals surface area contributed by atoms with Crippen LogP contribution in [0.4, 0.5) is 5.13 Å². The van der Waals surface area contributed by atoms with Gasteiger partial charge in [0.15, 0.2) is 5.13 Å². The third-order valence-corrected chi connectivity index (χ3v) is 3.66. The summed E-state index contributed by atoms with van der Waals surface area (Å²) in [7, 11) is 0. The van der Waals surface area contributed by atoms with Crippen LogP contribution in [0.25, 0.3) is 0 Å². The fourth-order valence-electron chi connectivity index (χ4n) is 1.68. The Balaban J connectivity index is 2.08. The minimum atomic E-state index is 0.322. The molecule has 1 unspecified atom stereocenters. The standard InChI is InChI=1S/C10H17N3S/c1-7(6-11)12-10-13-8-4-2-3-5-9(8)14-10/h7H,2-6,11H2,1H3,(H,12,13). The van der Waals surface area contributed by atoms with Crippen molar-refractivity contribution in [2.75, 3.05) is 11.9 Å². The van der Waals surface area contributed by atoms with Gasteiger partial charge < -0.3 is 11.1 Å². The van der Waals surface area contributed by atoms with E-state index in [9.17, 15) is 0 Å². The van der Waals surface area contributed by atoms with E-state index in [4.69, 9.17) is 5.73 Å². The van der Waals surface area contributed by atoms with E-state index in [1.54, 1.807) is 11.3 Å². The predicted octanol–water partition coefficient (Wildman–Crippen LogP) is 1.78. The van der Waals surface area contributed by atoms with Crippen molar-refractivity contribution in [1.29, 1.82) is 0 Å². The van der Waals surface area contributed by atoms with Crippen molar-refractivity contribution < 1.29 is 0 Å². The normalized spacial score (nSPS) is 17.6. The first-order valence-corrected chi connectivity index (χ1v) is 6.06. The van der Waals surface area contributed by atoms with E-state index < -0.39 is 0 Å². The van der Waals surface area contributed by atoms with Gasteiger partial charge in [0.25, 0.3) is 0 Å². The van der Waals surface area contributed by atoms with Crippen LogP contribution in [0, 0.1) is 0 Å². The number of aromatic nitrogens is 1. The molecule has 1 aromatic rings. The van der Waals surface area contributed by atoms with Crippen molar-refractivity contribution in [2.45, 2.75) is 38.6 Å². The van der Waals surface area contributed by atoms with Crippen LogP contribution in [0.2, 0.25) is 0 Å². The zero-order chi connectivity index (χ0) is 9.97. The zero-order valence-corrected chi connectivity index (χ0v) is 9.36. The number of aryl methyl sites for hydroxylation is 2. The number of fused-ring (bicyclic) bond motifs is 1. The molecule has 0 aromatic carbocycles. The van der Waals surface area contributed by atoms with Crippen molar-refractivity contribution in [1.82, 2.24) is 4.98 Å². The average Bonchev–Trinajstić information content (AvgIpc) is 2.59. The second-order valence-electron chi connectivity index (χ2n) is 3.88. The van der Waals surface area contributed by atoms with Crippen LogP contribution in [-0.2, 0) is 12.8 Å². The van der Waals surface area contributed by atoms with E-state index >= 15 is 0 Å². The maximum absolute atomic E-state index is 5.56. The Kier molecular flexibility index (Phi) is 3.03. The first-order chi connectivity index (χ1) is 6.79. The summed E-state index contributed by atoms with van der Waals surface area (Å²) in [5.41, 5.74) is 6.87. The largest absolute Gasteiger partial charge is 0.358 e. The van der Waals surface area contributed by atoms with Crippen LogP contribution in [0.15, 0.2) is 0 Å². The van der Waals surface area contributed by atoms with Gasteiger partial charge in [-0.1, -0.05) is 0 Å². The van der Waals surface area contributed by atoms with Crippen molar-refractivity contribution in [3.8, 4) is 0 Å². The average molecular weight is 211 g/mol. The van der Waals surface area contributed by atoms with Crippen LogP contribution >= 0.6 is 11.3 Å². The molecule has 1 atom stereocenters. The van der Waals surface area contributed by atoms with Crippen LogP contribution in [-0.4, -0.2) is 17.6 Å². The molecule has 3 nitrogen and oxygen atoms in total. The summed E-state index contributed by atoms with van der Waals surface area (Å²) in [5, 5.41) is 4.38. The fourth-order valence-corrected chi connectivity index (χ4v) is 2.84. The van der Waals surface area contributed by atoms with E-state index in [-0.39, 0.29) is 0 Å². The van der Waals surface area contributed by atoms with E-state index in [2.05, 4.69) is 17.2 Å². The molecule has 0 bridgehead atoms. The number of nitrogens with one attached hydrogen (secondary N) is 1. The number of anilines is 1. The summed E-state index contributed by atoms with van der Waals surface area (Å²) in [6.45, 7) is 2.74. The molecular formula is C10H17N3S. The molecule has 0 saturated carbocycles. The summed E-state index contributed by atoms with van der Waals surface area (Å²) < 4.78 is 0. The molecule has 1 aromatic heterocycles. The Morgan fingerprint density at radius 2 is 2.29 bits per heavy atom. The molecule has 0 radical (unpaired) electrons. The van der Waals surface area contributed by atoms with Crippen molar-refractivity contribution >= 4 is 16.5 Å². The molecular weight excluding hydrogens is 194 g/mol. The molecule has 0 amide bonds. The lowest BCUT2D eigenvalue weighted by atomic mass is 10.0. The van der Waals surface area contributed by atoms with Crippen LogP contribution < -0.4 is 11.1 Å². The van der Waals surface area contributed by atoms with Gasteiger partial charge in [0.1, 0.15) is 0 Å². The fraction of sp³-hybridized carbons (Fsp3) is 0.700. The molecule has 1 aliphatic carbocycles. The molecule has 4 heteroatoms. The lowest BCUT2D eigenvalue weighted by molar-refractivity contribution is 0.682. The third kappa shape index (κ3) is 2.07. The minimum absolute atomic E-state index is 0.322. The molecule has 1 heterocycles. The maximum atomic E-state index is 5.56. The number of rotatable bonds is 3. The lowest BCUT2D eigenvalue weighted by Gasteiger charge is -2.08. The van der Waals surface area contributed by atoms with Gasteiger partial charge in [-0.05, 0) is 32.6 Å². The van der Waals surface area contributed by atoms with Crippen LogP contribution in [0.5, 0.6) is 0 Å². The second-order valence-corrected chi connectivity index (χ2v) is 4.96. The predicted molar refractivity (Wildman–Crippen MR) is 60.9 cm³/mol. The van der Waals surface area contributed by atoms with Gasteiger partial charge in [-0.3, -0.25) is 0 Å². The van der Waals surface area contributed by atoms with Gasteiger partial charge in [-0.25, -0.2) is 4.98 Å². The molecule has 0 spiro atoms. The highest BCUT2D eigenvalue weighted by atomic mass is 32.1. The molecule has 0 fully saturated rings. The number of hydrogen-bond acceptors (Lipinski definition) is 4. The highest BCUT2D eigenvalue weighted by molar-refractivity contribution is 7.15. The Morgan fingerprint density at radius 1 is 1.50 bits per heavy atom. The molecule has 78 valence electrons. The van der Waals surface area contributed by atoms with Gasteiger partial charge >= 0.3 is 0 Å². The van der Waals surface area contributed by atoms with Crippen LogP contribution in [0.1, 0.15) is 30.3 Å². The Labute approximate surface area is 88.7 Å². The first-order valence-electron chi connectivity index (χ1n) is 5.25. The molecule has 14 heavy (non-hydrogen) atoms. The SMILES string of the molecule is CC(CN)Nc1nc2c(s1)CCCC2. The van der Waals surface area contributed by atoms with Crippen LogP contribution in [0.3, 0.4) is 0 Å².